The molecule has 0 radical (unpaired) electrons. The normalized spacial score (nSPS) is 16.5. The van der Waals surface area contributed by atoms with Crippen molar-refractivity contribution in [1.82, 2.24) is 4.57 Å². The van der Waals surface area contributed by atoms with Gasteiger partial charge in [0.05, 0.1) is 28.3 Å². The largest absolute Gasteiger partial charge is 0.502 e. The molecule has 1 aromatic heterocycles. The lowest BCUT2D eigenvalue weighted by molar-refractivity contribution is -0.385. The van der Waals surface area contributed by atoms with Gasteiger partial charge in [-0.2, -0.15) is 0 Å². The Labute approximate surface area is 214 Å². The summed E-state index contributed by atoms with van der Waals surface area (Å²) in [6.45, 7) is 0. The van der Waals surface area contributed by atoms with E-state index < -0.39 is 22.4 Å². The predicted octanol–water partition coefficient (Wildman–Crippen LogP) is 3.94. The SMILES string of the molecule is COc1ccccc1[C@H]1C2=C(N=c3s/c(=C\c4ccc(O)c([N+](=O)[O-])c4)c(=O)n31)c1ccccc1CC2. The fourth-order valence-corrected chi connectivity index (χ4v) is 6.12. The van der Waals surface area contributed by atoms with E-state index in [1.165, 1.54) is 29.0 Å². The number of phenolic OH excluding ortho intramolecular Hbond substituents is 1. The van der Waals surface area contributed by atoms with Gasteiger partial charge in [0, 0.05) is 17.2 Å². The van der Waals surface area contributed by atoms with Crippen LogP contribution in [0.3, 0.4) is 0 Å². The number of allylic oxidation sites excluding steroid dienone is 1. The quantitative estimate of drug-likeness (QED) is 0.330. The molecule has 184 valence electrons. The fourth-order valence-electron chi connectivity index (χ4n) is 5.12. The molecule has 0 saturated heterocycles. The first-order valence-electron chi connectivity index (χ1n) is 11.7. The Morgan fingerprint density at radius 2 is 1.92 bits per heavy atom. The number of nitro groups is 1. The van der Waals surface area contributed by atoms with Gasteiger partial charge in [0.1, 0.15) is 5.75 Å². The van der Waals surface area contributed by atoms with Crippen molar-refractivity contribution in [3.8, 4) is 11.5 Å². The Morgan fingerprint density at radius 3 is 2.73 bits per heavy atom. The van der Waals surface area contributed by atoms with Crippen molar-refractivity contribution in [1.29, 1.82) is 0 Å². The van der Waals surface area contributed by atoms with Crippen LogP contribution in [0.15, 0.2) is 82.1 Å². The number of rotatable bonds is 4. The van der Waals surface area contributed by atoms with E-state index in [0.717, 1.165) is 35.2 Å². The summed E-state index contributed by atoms with van der Waals surface area (Å²) >= 11 is 1.24. The van der Waals surface area contributed by atoms with Crippen LogP contribution in [0.2, 0.25) is 0 Å². The fraction of sp³-hybridized carbons (Fsp3) is 0.143. The molecular weight excluding hydrogens is 490 g/mol. The molecule has 1 atom stereocenters. The van der Waals surface area contributed by atoms with Crippen molar-refractivity contribution in [2.75, 3.05) is 7.11 Å². The van der Waals surface area contributed by atoms with Crippen LogP contribution in [0.25, 0.3) is 11.8 Å². The Bertz CT molecular complexity index is 1800. The van der Waals surface area contributed by atoms with Gasteiger partial charge in [0.15, 0.2) is 10.6 Å². The van der Waals surface area contributed by atoms with Crippen molar-refractivity contribution < 1.29 is 14.8 Å². The number of fused-ring (bicyclic) bond motifs is 3. The van der Waals surface area contributed by atoms with Gasteiger partial charge < -0.3 is 9.84 Å². The van der Waals surface area contributed by atoms with Crippen LogP contribution in [0.5, 0.6) is 11.5 Å². The minimum Gasteiger partial charge on any atom is -0.502 e. The van der Waals surface area contributed by atoms with Crippen molar-refractivity contribution in [3.63, 3.8) is 0 Å². The molecule has 9 heteroatoms. The summed E-state index contributed by atoms with van der Waals surface area (Å²) in [6, 6.07) is 19.5. The van der Waals surface area contributed by atoms with Gasteiger partial charge in [-0.15, -0.1) is 0 Å². The number of thiazole rings is 1. The van der Waals surface area contributed by atoms with Crippen LogP contribution in [-0.2, 0) is 6.42 Å². The van der Waals surface area contributed by atoms with E-state index in [9.17, 15) is 20.0 Å². The van der Waals surface area contributed by atoms with Crippen LogP contribution >= 0.6 is 11.3 Å². The number of aromatic hydroxyl groups is 1. The second-order valence-electron chi connectivity index (χ2n) is 8.86. The Morgan fingerprint density at radius 1 is 1.14 bits per heavy atom. The predicted molar refractivity (Wildman–Crippen MR) is 141 cm³/mol. The second kappa shape index (κ2) is 8.86. The van der Waals surface area contributed by atoms with E-state index >= 15 is 0 Å². The van der Waals surface area contributed by atoms with Gasteiger partial charge in [0.25, 0.3) is 5.56 Å². The zero-order chi connectivity index (χ0) is 25.7. The molecule has 1 aliphatic heterocycles. The lowest BCUT2D eigenvalue weighted by Gasteiger charge is -2.31. The van der Waals surface area contributed by atoms with E-state index in [1.807, 2.05) is 36.4 Å². The summed E-state index contributed by atoms with van der Waals surface area (Å²) < 4.78 is 7.79. The average Bonchev–Trinajstić information content (AvgIpc) is 3.22. The molecule has 2 heterocycles. The molecule has 8 nitrogen and oxygen atoms in total. The van der Waals surface area contributed by atoms with Gasteiger partial charge in [-0.25, -0.2) is 4.99 Å². The second-order valence-corrected chi connectivity index (χ2v) is 9.87. The molecule has 2 aliphatic rings. The summed E-state index contributed by atoms with van der Waals surface area (Å²) in [6.07, 6.45) is 3.20. The van der Waals surface area contributed by atoms with Gasteiger partial charge in [-0.3, -0.25) is 19.5 Å². The van der Waals surface area contributed by atoms with Crippen LogP contribution in [0.1, 0.15) is 34.7 Å². The highest BCUT2D eigenvalue weighted by Gasteiger charge is 2.34. The first-order valence-corrected chi connectivity index (χ1v) is 12.5. The minimum absolute atomic E-state index is 0.235. The van der Waals surface area contributed by atoms with Gasteiger partial charge in [-0.1, -0.05) is 59.9 Å². The van der Waals surface area contributed by atoms with E-state index in [1.54, 1.807) is 23.8 Å². The number of ether oxygens (including phenoxy) is 1. The molecule has 0 amide bonds. The zero-order valence-electron chi connectivity index (χ0n) is 19.7. The van der Waals surface area contributed by atoms with Gasteiger partial charge in [-0.05, 0) is 47.8 Å². The zero-order valence-corrected chi connectivity index (χ0v) is 20.6. The smallest absolute Gasteiger partial charge is 0.311 e. The maximum absolute atomic E-state index is 13.8. The highest BCUT2D eigenvalue weighted by molar-refractivity contribution is 7.07. The van der Waals surface area contributed by atoms with E-state index in [4.69, 9.17) is 9.73 Å². The molecule has 1 N–H and O–H groups in total. The lowest BCUT2D eigenvalue weighted by Crippen LogP contribution is -2.39. The molecule has 6 rings (SSSR count). The van der Waals surface area contributed by atoms with Crippen LogP contribution in [-0.4, -0.2) is 21.7 Å². The van der Waals surface area contributed by atoms with Gasteiger partial charge in [0.2, 0.25) is 0 Å². The van der Waals surface area contributed by atoms with Crippen molar-refractivity contribution in [2.45, 2.75) is 18.9 Å². The summed E-state index contributed by atoms with van der Waals surface area (Å²) in [5.41, 5.74) is 4.89. The maximum atomic E-state index is 13.8. The van der Waals surface area contributed by atoms with E-state index in [2.05, 4.69) is 12.1 Å². The molecule has 0 bridgehead atoms. The number of aromatic nitrogens is 1. The van der Waals surface area contributed by atoms with E-state index in [-0.39, 0.29) is 5.56 Å². The average molecular weight is 512 g/mol. The first kappa shape index (κ1) is 22.9. The Balaban J connectivity index is 1.62. The Hall–Kier alpha value is -4.50. The number of phenols is 1. The molecule has 0 unspecified atom stereocenters. The molecule has 0 fully saturated rings. The number of aryl methyl sites for hydroxylation is 1. The standard InChI is InChI=1S/C28H21N3O5S/c1-36-23-9-5-4-8-19(23)26-20-12-11-17-6-2-3-7-18(17)25(20)29-28-30(26)27(33)24(37-28)15-16-10-13-22(32)21(14-16)31(34)35/h2-10,13-15,26,32H,11-12H2,1H3/b24-15-/t26-/m0/s1. The first-order chi connectivity index (χ1) is 18.0. The summed E-state index contributed by atoms with van der Waals surface area (Å²) in [5, 5.41) is 21.1. The van der Waals surface area contributed by atoms with E-state index in [0.29, 0.717) is 20.6 Å². The van der Waals surface area contributed by atoms with Crippen LogP contribution < -0.4 is 19.6 Å². The maximum Gasteiger partial charge on any atom is 0.311 e. The molecule has 0 spiro atoms. The third kappa shape index (κ3) is 3.75. The van der Waals surface area contributed by atoms with Crippen LogP contribution in [0.4, 0.5) is 5.69 Å². The number of hydrogen-bond donors (Lipinski definition) is 1. The minimum atomic E-state index is -0.651. The number of benzene rings is 3. The molecule has 0 saturated carbocycles. The number of nitrogens with zero attached hydrogens (tertiary/aromatic N) is 3. The third-order valence-corrected chi connectivity index (χ3v) is 7.78. The third-order valence-electron chi connectivity index (χ3n) is 6.80. The van der Waals surface area contributed by atoms with Crippen LogP contribution in [0, 0.1) is 10.1 Å². The molecule has 4 aromatic rings. The highest BCUT2D eigenvalue weighted by atomic mass is 32.1. The molecule has 1 aliphatic carbocycles. The topological polar surface area (TPSA) is 107 Å². The lowest BCUT2D eigenvalue weighted by atomic mass is 9.83. The summed E-state index contributed by atoms with van der Waals surface area (Å²) in [4.78, 5) is 30.0. The highest BCUT2D eigenvalue weighted by Crippen LogP contribution is 2.43. The number of methoxy groups -OCH3 is 1. The van der Waals surface area contributed by atoms with Crippen molar-refractivity contribution in [2.24, 2.45) is 4.99 Å². The Kier molecular flexibility index (Phi) is 5.49. The summed E-state index contributed by atoms with van der Waals surface area (Å²) in [5.74, 6) is 0.259. The number of para-hydroxylation sites is 1. The van der Waals surface area contributed by atoms with Crippen molar-refractivity contribution >= 4 is 28.8 Å². The molecular formula is C28H21N3O5S. The molecule has 37 heavy (non-hydrogen) atoms. The molecule has 3 aromatic carbocycles. The van der Waals surface area contributed by atoms with Gasteiger partial charge >= 0.3 is 5.69 Å². The van der Waals surface area contributed by atoms with Crippen molar-refractivity contribution in [3.05, 3.63) is 124 Å². The summed E-state index contributed by atoms with van der Waals surface area (Å²) in [7, 11) is 1.62. The number of hydrogen-bond acceptors (Lipinski definition) is 7. The number of nitro benzene ring substituents is 1. The monoisotopic (exact) mass is 511 g/mol.